The summed E-state index contributed by atoms with van der Waals surface area (Å²) >= 11 is 0. The van der Waals surface area contributed by atoms with E-state index < -0.39 is 0 Å². The van der Waals surface area contributed by atoms with Gasteiger partial charge in [0.25, 0.3) is 5.91 Å². The van der Waals surface area contributed by atoms with Gasteiger partial charge in [-0.1, -0.05) is 42.3 Å². The Hall–Kier alpha value is -2.62. The van der Waals surface area contributed by atoms with E-state index in [9.17, 15) is 9.59 Å². The lowest BCUT2D eigenvalue weighted by atomic mass is 9.87. The highest BCUT2D eigenvalue weighted by Crippen LogP contribution is 2.51. The van der Waals surface area contributed by atoms with Crippen LogP contribution in [0.15, 0.2) is 42.5 Å². The van der Waals surface area contributed by atoms with Crippen LogP contribution in [0.25, 0.3) is 0 Å². The van der Waals surface area contributed by atoms with Gasteiger partial charge >= 0.3 is 0 Å². The lowest BCUT2D eigenvalue weighted by molar-refractivity contribution is -0.133. The zero-order valence-corrected chi connectivity index (χ0v) is 15.6. The summed E-state index contributed by atoms with van der Waals surface area (Å²) in [6.45, 7) is 2.90. The molecule has 0 aromatic heterocycles. The number of hydrogen-bond donors (Lipinski definition) is 0. The Kier molecular flexibility index (Phi) is 3.81. The number of hydrogen-bond acceptors (Lipinski definition) is 2. The fraction of sp³-hybridized carbons (Fsp3) is 0.391. The monoisotopic (exact) mass is 360 g/mol. The molecule has 2 amide bonds. The molecule has 1 fully saturated rings. The number of benzene rings is 2. The second kappa shape index (κ2) is 6.22. The number of aryl methyl sites for hydroxylation is 1. The highest BCUT2D eigenvalue weighted by atomic mass is 16.2. The Morgan fingerprint density at radius 3 is 2.67 bits per heavy atom. The molecule has 4 heteroatoms. The molecule has 3 heterocycles. The molecule has 2 unspecified atom stereocenters. The van der Waals surface area contributed by atoms with Gasteiger partial charge in [-0.05, 0) is 49.4 Å². The highest BCUT2D eigenvalue weighted by molar-refractivity contribution is 6.11. The quantitative estimate of drug-likeness (QED) is 0.749. The molecule has 5 rings (SSSR count). The van der Waals surface area contributed by atoms with E-state index in [0.29, 0.717) is 6.42 Å². The third-order valence-corrected chi connectivity index (χ3v) is 6.31. The summed E-state index contributed by atoms with van der Waals surface area (Å²) < 4.78 is 0. The number of anilines is 1. The SMILES string of the molecule is Cc1ccc2c(c1)C(N1CCCCCC1=O)CC1c3ccccc3C(=O)N21. The molecule has 0 saturated carbocycles. The first kappa shape index (κ1) is 16.5. The fourth-order valence-corrected chi connectivity index (χ4v) is 5.03. The fourth-order valence-electron chi connectivity index (χ4n) is 5.03. The van der Waals surface area contributed by atoms with Crippen LogP contribution in [0, 0.1) is 6.92 Å². The average molecular weight is 360 g/mol. The van der Waals surface area contributed by atoms with Crippen LogP contribution >= 0.6 is 0 Å². The Labute approximate surface area is 159 Å². The summed E-state index contributed by atoms with van der Waals surface area (Å²) in [5.74, 6) is 0.345. The van der Waals surface area contributed by atoms with E-state index in [1.54, 1.807) is 0 Å². The molecule has 0 spiro atoms. The molecule has 3 aliphatic rings. The van der Waals surface area contributed by atoms with Crippen molar-refractivity contribution < 1.29 is 9.59 Å². The van der Waals surface area contributed by atoms with Crippen molar-refractivity contribution >= 4 is 17.5 Å². The van der Waals surface area contributed by atoms with Gasteiger partial charge in [0.05, 0.1) is 12.1 Å². The van der Waals surface area contributed by atoms with Crippen molar-refractivity contribution in [3.05, 3.63) is 64.7 Å². The summed E-state index contributed by atoms with van der Waals surface area (Å²) in [4.78, 5) is 30.0. The van der Waals surface area contributed by atoms with Gasteiger partial charge in [-0.15, -0.1) is 0 Å². The topological polar surface area (TPSA) is 40.6 Å². The smallest absolute Gasteiger partial charge is 0.259 e. The molecule has 138 valence electrons. The second-order valence-corrected chi connectivity index (χ2v) is 7.99. The molecule has 0 bridgehead atoms. The summed E-state index contributed by atoms with van der Waals surface area (Å²) in [5.41, 5.74) is 5.17. The number of rotatable bonds is 1. The summed E-state index contributed by atoms with van der Waals surface area (Å²) in [5, 5.41) is 0. The molecule has 2 atom stereocenters. The molecular formula is C23H24N2O2. The van der Waals surface area contributed by atoms with Crippen molar-refractivity contribution in [1.29, 1.82) is 0 Å². The largest absolute Gasteiger partial charge is 0.335 e. The van der Waals surface area contributed by atoms with Crippen molar-refractivity contribution in [2.75, 3.05) is 11.4 Å². The number of amides is 2. The van der Waals surface area contributed by atoms with Crippen molar-refractivity contribution in [3.63, 3.8) is 0 Å². The standard InChI is InChI=1S/C23H24N2O2/c1-15-10-11-19-18(13-15)20(24-12-6-2-3-9-22(24)26)14-21-16-7-4-5-8-17(16)23(27)25(19)21/h4-5,7-8,10-11,13,20-21H,2-3,6,9,12,14H2,1H3. The van der Waals surface area contributed by atoms with Gasteiger partial charge < -0.3 is 9.80 Å². The maximum atomic E-state index is 13.1. The lowest BCUT2D eigenvalue weighted by Gasteiger charge is -2.42. The van der Waals surface area contributed by atoms with Crippen molar-refractivity contribution in [2.24, 2.45) is 0 Å². The van der Waals surface area contributed by atoms with Crippen LogP contribution < -0.4 is 4.90 Å². The Bertz CT molecular complexity index is 936. The van der Waals surface area contributed by atoms with Crippen LogP contribution in [-0.2, 0) is 4.79 Å². The van der Waals surface area contributed by atoms with Gasteiger partial charge in [0.15, 0.2) is 0 Å². The number of nitrogens with zero attached hydrogens (tertiary/aromatic N) is 2. The van der Waals surface area contributed by atoms with Gasteiger partial charge in [0.1, 0.15) is 0 Å². The minimum Gasteiger partial charge on any atom is -0.335 e. The molecule has 0 aliphatic carbocycles. The third-order valence-electron chi connectivity index (χ3n) is 6.31. The van der Waals surface area contributed by atoms with E-state index in [2.05, 4.69) is 36.1 Å². The van der Waals surface area contributed by atoms with Crippen LogP contribution in [0.1, 0.15) is 71.2 Å². The maximum Gasteiger partial charge on any atom is 0.259 e. The zero-order chi connectivity index (χ0) is 18.5. The second-order valence-electron chi connectivity index (χ2n) is 7.99. The minimum atomic E-state index is 0.0185. The van der Waals surface area contributed by atoms with Crippen molar-refractivity contribution in [3.8, 4) is 0 Å². The molecule has 2 aromatic carbocycles. The Morgan fingerprint density at radius 2 is 1.78 bits per heavy atom. The van der Waals surface area contributed by atoms with Crippen LogP contribution in [0.2, 0.25) is 0 Å². The third kappa shape index (κ3) is 2.50. The predicted molar refractivity (Wildman–Crippen MR) is 105 cm³/mol. The number of fused-ring (bicyclic) bond motifs is 5. The first-order chi connectivity index (χ1) is 13.1. The van der Waals surface area contributed by atoms with Crippen molar-refractivity contribution in [2.45, 2.75) is 51.1 Å². The van der Waals surface area contributed by atoms with E-state index >= 15 is 0 Å². The molecule has 3 aliphatic heterocycles. The van der Waals surface area contributed by atoms with E-state index in [4.69, 9.17) is 0 Å². The average Bonchev–Trinajstić information content (AvgIpc) is 2.81. The molecular weight excluding hydrogens is 336 g/mol. The minimum absolute atomic E-state index is 0.0185. The van der Waals surface area contributed by atoms with Crippen LogP contribution in [0.3, 0.4) is 0 Å². The highest BCUT2D eigenvalue weighted by Gasteiger charge is 2.45. The normalized spacial score (nSPS) is 24.3. The molecule has 27 heavy (non-hydrogen) atoms. The van der Waals surface area contributed by atoms with E-state index in [1.807, 2.05) is 23.1 Å². The molecule has 0 radical (unpaired) electrons. The van der Waals surface area contributed by atoms with Gasteiger partial charge in [0.2, 0.25) is 5.91 Å². The van der Waals surface area contributed by atoms with Crippen LogP contribution in [0.4, 0.5) is 5.69 Å². The van der Waals surface area contributed by atoms with Crippen LogP contribution in [0.5, 0.6) is 0 Å². The number of carbonyl (C=O) groups is 2. The van der Waals surface area contributed by atoms with Gasteiger partial charge in [-0.3, -0.25) is 9.59 Å². The van der Waals surface area contributed by atoms with E-state index in [-0.39, 0.29) is 23.9 Å². The van der Waals surface area contributed by atoms with Gasteiger partial charge in [-0.25, -0.2) is 0 Å². The van der Waals surface area contributed by atoms with Crippen molar-refractivity contribution in [1.82, 2.24) is 4.90 Å². The molecule has 4 nitrogen and oxygen atoms in total. The van der Waals surface area contributed by atoms with E-state index in [1.165, 1.54) is 5.56 Å². The molecule has 1 saturated heterocycles. The molecule has 0 N–H and O–H groups in total. The summed E-state index contributed by atoms with van der Waals surface area (Å²) in [6.07, 6.45) is 4.59. The number of likely N-dealkylation sites (tertiary alicyclic amines) is 1. The summed E-state index contributed by atoms with van der Waals surface area (Å²) in [7, 11) is 0. The predicted octanol–water partition coefficient (Wildman–Crippen LogP) is 4.54. The van der Waals surface area contributed by atoms with Gasteiger partial charge in [0, 0.05) is 24.2 Å². The summed E-state index contributed by atoms with van der Waals surface area (Å²) in [6, 6.07) is 14.3. The lowest BCUT2D eigenvalue weighted by Crippen LogP contribution is -2.42. The number of carbonyl (C=O) groups excluding carboxylic acids is 2. The maximum absolute atomic E-state index is 13.1. The van der Waals surface area contributed by atoms with E-state index in [0.717, 1.165) is 54.6 Å². The molecule has 2 aromatic rings. The van der Waals surface area contributed by atoms with Gasteiger partial charge in [-0.2, -0.15) is 0 Å². The zero-order valence-electron chi connectivity index (χ0n) is 15.6. The Morgan fingerprint density at radius 1 is 0.926 bits per heavy atom. The first-order valence-electron chi connectivity index (χ1n) is 9.97. The Balaban J connectivity index is 1.65. The first-order valence-corrected chi connectivity index (χ1v) is 9.97. The van der Waals surface area contributed by atoms with Crippen LogP contribution in [-0.4, -0.2) is 23.3 Å².